The van der Waals surface area contributed by atoms with Crippen LogP contribution in [0.5, 0.6) is 0 Å². The van der Waals surface area contributed by atoms with Crippen molar-refractivity contribution < 1.29 is 23.4 Å². The number of aliphatic hydroxyl groups is 1. The van der Waals surface area contributed by atoms with E-state index in [2.05, 4.69) is 15.4 Å². The van der Waals surface area contributed by atoms with E-state index in [0.717, 1.165) is 55.9 Å². The third-order valence-corrected chi connectivity index (χ3v) is 5.82. The van der Waals surface area contributed by atoms with Gasteiger partial charge in [-0.25, -0.2) is 13.8 Å². The predicted molar refractivity (Wildman–Crippen MR) is 122 cm³/mol. The summed E-state index contributed by atoms with van der Waals surface area (Å²) in [6.07, 6.45) is 5.41. The molecule has 2 aromatic heterocycles. The Bertz CT molecular complexity index is 1050. The molecule has 4 N–H and O–H groups in total. The molecule has 0 aliphatic carbocycles. The zero-order chi connectivity index (χ0) is 24.0. The first-order valence-electron chi connectivity index (χ1n) is 10.5. The number of nitrogens with one attached hydrogen (secondary N) is 1. The van der Waals surface area contributed by atoms with Gasteiger partial charge in [-0.05, 0) is 43.9 Å². The number of aliphatic hydroxyl groups excluding tert-OH is 1. The van der Waals surface area contributed by atoms with Gasteiger partial charge in [0.25, 0.3) is 5.91 Å². The molecule has 0 saturated carbocycles. The van der Waals surface area contributed by atoms with Crippen molar-refractivity contribution in [2.75, 3.05) is 18.5 Å². The fraction of sp³-hybridized carbons (Fsp3) is 0.409. The molecular formula is C22H27F2N5O3S. The van der Waals surface area contributed by atoms with Crippen LogP contribution in [0.1, 0.15) is 48.3 Å². The van der Waals surface area contributed by atoms with E-state index >= 15 is 0 Å². The summed E-state index contributed by atoms with van der Waals surface area (Å²) >= 11 is 0.954. The van der Waals surface area contributed by atoms with Crippen LogP contribution in [0.3, 0.4) is 0 Å². The molecule has 11 heteroatoms. The Morgan fingerprint density at radius 1 is 1.33 bits per heavy atom. The Kier molecular flexibility index (Phi) is 8.61. The van der Waals surface area contributed by atoms with Crippen LogP contribution in [-0.4, -0.2) is 45.0 Å². The molecule has 1 fully saturated rings. The lowest BCUT2D eigenvalue weighted by atomic mass is 10.1. The van der Waals surface area contributed by atoms with Crippen LogP contribution in [0.4, 0.5) is 14.5 Å². The highest BCUT2D eigenvalue weighted by Gasteiger charge is 2.20. The Morgan fingerprint density at radius 3 is 2.70 bits per heavy atom. The molecule has 0 radical (unpaired) electrons. The number of rotatable bonds is 4. The first-order valence-corrected chi connectivity index (χ1v) is 11.4. The van der Waals surface area contributed by atoms with Crippen LogP contribution >= 0.6 is 11.3 Å². The molecule has 1 aromatic carbocycles. The summed E-state index contributed by atoms with van der Waals surface area (Å²) in [5.74, 6) is -2.19. The summed E-state index contributed by atoms with van der Waals surface area (Å²) in [5.41, 5.74) is 5.99. The summed E-state index contributed by atoms with van der Waals surface area (Å²) < 4.78 is 35.2. The lowest BCUT2D eigenvalue weighted by Gasteiger charge is -2.08. The molecule has 0 bridgehead atoms. The molecule has 1 aliphatic rings. The second-order valence-electron chi connectivity index (χ2n) is 7.73. The summed E-state index contributed by atoms with van der Waals surface area (Å²) in [5, 5.41) is 17.4. The molecule has 2 atom stereocenters. The Balaban J connectivity index is 0.000000323. The number of halogens is 2. The van der Waals surface area contributed by atoms with Crippen molar-refractivity contribution in [3.63, 3.8) is 0 Å². The number of aryl methyl sites for hydroxylation is 1. The fourth-order valence-corrected chi connectivity index (χ4v) is 3.99. The lowest BCUT2D eigenvalue weighted by molar-refractivity contribution is 0.102. The quantitative estimate of drug-likeness (QED) is 0.526. The molecule has 8 nitrogen and oxygen atoms in total. The van der Waals surface area contributed by atoms with E-state index in [1.165, 1.54) is 23.2 Å². The van der Waals surface area contributed by atoms with E-state index in [0.29, 0.717) is 11.7 Å². The number of thiazole rings is 1. The van der Waals surface area contributed by atoms with Gasteiger partial charge in [0.1, 0.15) is 22.3 Å². The van der Waals surface area contributed by atoms with Gasteiger partial charge in [0.05, 0.1) is 23.6 Å². The minimum absolute atomic E-state index is 0.0438. The van der Waals surface area contributed by atoms with Crippen molar-refractivity contribution in [1.29, 1.82) is 0 Å². The second kappa shape index (κ2) is 11.4. The first kappa shape index (κ1) is 24.9. The number of hydrogen-bond acceptors (Lipinski definition) is 7. The molecule has 178 valence electrons. The van der Waals surface area contributed by atoms with Crippen molar-refractivity contribution in [3.8, 4) is 10.6 Å². The number of amides is 1. The van der Waals surface area contributed by atoms with E-state index < -0.39 is 23.6 Å². The molecule has 2 unspecified atom stereocenters. The molecule has 1 saturated heterocycles. The number of carbonyl (C=O) groups excluding carboxylic acids is 1. The number of hydrogen-bond donors (Lipinski definition) is 3. The largest absolute Gasteiger partial charge is 0.389 e. The van der Waals surface area contributed by atoms with E-state index in [1.807, 2.05) is 0 Å². The van der Waals surface area contributed by atoms with Gasteiger partial charge in [-0.1, -0.05) is 0 Å². The molecule has 33 heavy (non-hydrogen) atoms. The number of nitrogens with two attached hydrogens (primary N) is 1. The predicted octanol–water partition coefficient (Wildman–Crippen LogP) is 3.64. The number of carbonyl (C=O) groups is 1. The number of nitrogens with zero attached hydrogens (tertiary/aromatic N) is 3. The van der Waals surface area contributed by atoms with Crippen molar-refractivity contribution in [3.05, 3.63) is 52.8 Å². The summed E-state index contributed by atoms with van der Waals surface area (Å²) in [4.78, 5) is 16.2. The third kappa shape index (κ3) is 6.87. The lowest BCUT2D eigenvalue weighted by Crippen LogP contribution is -2.19. The van der Waals surface area contributed by atoms with Gasteiger partial charge in [-0.15, -0.1) is 11.3 Å². The monoisotopic (exact) mass is 479 g/mol. The fourth-order valence-electron chi connectivity index (χ4n) is 3.14. The minimum Gasteiger partial charge on any atom is -0.389 e. The van der Waals surface area contributed by atoms with Crippen LogP contribution in [0.15, 0.2) is 29.9 Å². The van der Waals surface area contributed by atoms with E-state index in [1.54, 1.807) is 13.2 Å². The van der Waals surface area contributed by atoms with Gasteiger partial charge in [-0.3, -0.25) is 9.48 Å². The Morgan fingerprint density at radius 2 is 2.06 bits per heavy atom. The summed E-state index contributed by atoms with van der Waals surface area (Å²) in [7, 11) is 1.71. The summed E-state index contributed by atoms with van der Waals surface area (Å²) in [6.45, 7) is 3.19. The highest BCUT2D eigenvalue weighted by molar-refractivity contribution is 7.13. The van der Waals surface area contributed by atoms with Crippen LogP contribution in [0.2, 0.25) is 0 Å². The SMILES string of the molecule is CC(O)c1cc(F)c(-c2nc(C(=O)Nc3cnn(C)c3)cs2)c(F)c1.NC1CCCOCC1. The average Bonchev–Trinajstić information content (AvgIpc) is 3.32. The Labute approximate surface area is 194 Å². The maximum Gasteiger partial charge on any atom is 0.275 e. The van der Waals surface area contributed by atoms with E-state index in [9.17, 15) is 18.7 Å². The van der Waals surface area contributed by atoms with Gasteiger partial charge in [-0.2, -0.15) is 5.10 Å². The number of anilines is 1. The molecule has 1 aliphatic heterocycles. The van der Waals surface area contributed by atoms with Crippen molar-refractivity contribution in [2.45, 2.75) is 38.3 Å². The first-order chi connectivity index (χ1) is 15.7. The minimum atomic E-state index is -0.991. The number of aromatic nitrogens is 3. The van der Waals surface area contributed by atoms with Crippen molar-refractivity contribution in [1.82, 2.24) is 14.8 Å². The smallest absolute Gasteiger partial charge is 0.275 e. The molecule has 0 spiro atoms. The zero-order valence-corrected chi connectivity index (χ0v) is 19.2. The maximum atomic E-state index is 14.2. The van der Waals surface area contributed by atoms with E-state index in [-0.39, 0.29) is 21.8 Å². The van der Waals surface area contributed by atoms with Crippen LogP contribution in [0, 0.1) is 11.6 Å². The van der Waals surface area contributed by atoms with Crippen LogP contribution in [0.25, 0.3) is 10.6 Å². The molecule has 4 rings (SSSR count). The van der Waals surface area contributed by atoms with Gasteiger partial charge in [0, 0.05) is 37.9 Å². The Hall–Kier alpha value is -2.73. The zero-order valence-electron chi connectivity index (χ0n) is 18.4. The molecule has 3 aromatic rings. The number of ether oxygens (including phenoxy) is 1. The van der Waals surface area contributed by atoms with Crippen LogP contribution < -0.4 is 11.1 Å². The van der Waals surface area contributed by atoms with Crippen molar-refractivity contribution >= 4 is 22.9 Å². The average molecular weight is 480 g/mol. The van der Waals surface area contributed by atoms with Crippen molar-refractivity contribution in [2.24, 2.45) is 12.8 Å². The second-order valence-corrected chi connectivity index (χ2v) is 8.59. The highest BCUT2D eigenvalue weighted by atomic mass is 32.1. The van der Waals surface area contributed by atoms with Gasteiger partial charge < -0.3 is 20.9 Å². The van der Waals surface area contributed by atoms with Gasteiger partial charge in [0.15, 0.2) is 0 Å². The maximum absolute atomic E-state index is 14.2. The molecule has 1 amide bonds. The van der Waals surface area contributed by atoms with Crippen LogP contribution in [-0.2, 0) is 11.8 Å². The highest BCUT2D eigenvalue weighted by Crippen LogP contribution is 2.31. The summed E-state index contributed by atoms with van der Waals surface area (Å²) in [6, 6.07) is 2.51. The van der Waals surface area contributed by atoms with E-state index in [4.69, 9.17) is 10.5 Å². The normalized spacial score (nSPS) is 17.0. The third-order valence-electron chi connectivity index (χ3n) is 4.96. The molecule has 3 heterocycles. The topological polar surface area (TPSA) is 115 Å². The molecular weight excluding hydrogens is 452 g/mol. The number of benzene rings is 1. The van der Waals surface area contributed by atoms with Gasteiger partial charge >= 0.3 is 0 Å². The standard InChI is InChI=1S/C16H14F2N4O2S.C6H13NO/c1-8(23)9-3-11(17)14(12(18)4-9)16-21-13(7-25-16)15(24)20-10-5-19-22(2)6-10;7-6-2-1-4-8-5-3-6/h3-8,23H,1-2H3,(H,20,24);6H,1-5,7H2. The van der Waals surface area contributed by atoms with Gasteiger partial charge in [0.2, 0.25) is 0 Å².